The molecule has 0 heterocycles. The minimum Gasteiger partial charge on any atom is -0.491 e. The highest BCUT2D eigenvalue weighted by Gasteiger charge is 2.35. The van der Waals surface area contributed by atoms with Crippen LogP contribution in [0.2, 0.25) is 0 Å². The summed E-state index contributed by atoms with van der Waals surface area (Å²) in [5.74, 6) is -0.258. The van der Waals surface area contributed by atoms with Gasteiger partial charge in [-0.05, 0) is 12.0 Å². The topological polar surface area (TPSA) is 46.6 Å². The van der Waals surface area contributed by atoms with Crippen LogP contribution in [-0.2, 0) is 11.3 Å². The average molecular weight is 335 g/mol. The second-order valence-electron chi connectivity index (χ2n) is 5.99. The fourth-order valence-electron chi connectivity index (χ4n) is 3.16. The van der Waals surface area contributed by atoms with Gasteiger partial charge in [0.1, 0.15) is 5.70 Å². The SMILES string of the molecule is CCCN(Cc1ccccc1)C1=C(OC)C(=O)c2ccccc2C1=O. The Hall–Kier alpha value is -2.88. The van der Waals surface area contributed by atoms with Crippen molar-refractivity contribution >= 4 is 11.6 Å². The van der Waals surface area contributed by atoms with Crippen LogP contribution in [0.4, 0.5) is 0 Å². The maximum atomic E-state index is 13.1. The van der Waals surface area contributed by atoms with Crippen LogP contribution < -0.4 is 0 Å². The summed E-state index contributed by atoms with van der Waals surface area (Å²) in [6, 6.07) is 16.8. The van der Waals surface area contributed by atoms with Crippen molar-refractivity contribution in [2.45, 2.75) is 19.9 Å². The lowest BCUT2D eigenvalue weighted by molar-refractivity contribution is 0.0865. The molecular weight excluding hydrogens is 314 g/mol. The number of carbonyl (C=O) groups excluding carboxylic acids is 2. The summed E-state index contributed by atoms with van der Waals surface area (Å²) in [5, 5.41) is 0. The van der Waals surface area contributed by atoms with Gasteiger partial charge in [-0.15, -0.1) is 0 Å². The highest BCUT2D eigenvalue weighted by Crippen LogP contribution is 2.29. The van der Waals surface area contributed by atoms with Crippen LogP contribution in [0.25, 0.3) is 0 Å². The lowest BCUT2D eigenvalue weighted by atomic mass is 9.90. The summed E-state index contributed by atoms with van der Waals surface area (Å²) in [6.45, 7) is 3.27. The zero-order valence-electron chi connectivity index (χ0n) is 14.5. The van der Waals surface area contributed by atoms with E-state index in [0.29, 0.717) is 29.9 Å². The Morgan fingerprint density at radius 2 is 1.48 bits per heavy atom. The van der Waals surface area contributed by atoms with E-state index in [-0.39, 0.29) is 17.3 Å². The number of fused-ring (bicyclic) bond motifs is 1. The number of Topliss-reactive ketones (excluding diaryl/α,β-unsaturated/α-hetero) is 2. The zero-order chi connectivity index (χ0) is 17.8. The predicted molar refractivity (Wildman–Crippen MR) is 96.3 cm³/mol. The molecule has 0 bridgehead atoms. The molecule has 0 spiro atoms. The third kappa shape index (κ3) is 3.20. The fourth-order valence-corrected chi connectivity index (χ4v) is 3.16. The molecule has 4 heteroatoms. The van der Waals surface area contributed by atoms with Gasteiger partial charge < -0.3 is 9.64 Å². The number of ketones is 2. The molecule has 0 fully saturated rings. The first-order valence-corrected chi connectivity index (χ1v) is 8.43. The second-order valence-corrected chi connectivity index (χ2v) is 5.99. The van der Waals surface area contributed by atoms with Gasteiger partial charge in [-0.1, -0.05) is 61.5 Å². The number of ether oxygens (including phenoxy) is 1. The van der Waals surface area contributed by atoms with Crippen LogP contribution >= 0.6 is 0 Å². The molecule has 0 unspecified atom stereocenters. The van der Waals surface area contributed by atoms with Gasteiger partial charge in [0.2, 0.25) is 11.6 Å². The Morgan fingerprint density at radius 3 is 2.08 bits per heavy atom. The van der Waals surface area contributed by atoms with Gasteiger partial charge in [0, 0.05) is 24.2 Å². The van der Waals surface area contributed by atoms with Crippen molar-refractivity contribution in [2.24, 2.45) is 0 Å². The molecule has 0 N–H and O–H groups in total. The van der Waals surface area contributed by atoms with E-state index in [9.17, 15) is 9.59 Å². The number of rotatable bonds is 6. The summed E-state index contributed by atoms with van der Waals surface area (Å²) >= 11 is 0. The number of nitrogens with zero attached hydrogens (tertiary/aromatic N) is 1. The van der Waals surface area contributed by atoms with Crippen molar-refractivity contribution in [3.8, 4) is 0 Å². The monoisotopic (exact) mass is 335 g/mol. The first-order valence-electron chi connectivity index (χ1n) is 8.43. The van der Waals surface area contributed by atoms with Gasteiger partial charge in [0.05, 0.1) is 7.11 Å². The molecule has 0 saturated carbocycles. The van der Waals surface area contributed by atoms with Gasteiger partial charge in [-0.25, -0.2) is 0 Å². The predicted octanol–water partition coefficient (Wildman–Crippen LogP) is 3.84. The third-order valence-electron chi connectivity index (χ3n) is 4.28. The number of methoxy groups -OCH3 is 1. The van der Waals surface area contributed by atoms with Crippen molar-refractivity contribution in [1.29, 1.82) is 0 Å². The van der Waals surface area contributed by atoms with Crippen molar-refractivity contribution < 1.29 is 14.3 Å². The molecule has 128 valence electrons. The summed E-state index contributed by atoms with van der Waals surface area (Å²) in [7, 11) is 1.45. The Bertz CT molecular complexity index is 824. The molecule has 2 aromatic rings. The maximum absolute atomic E-state index is 13.1. The lowest BCUT2D eigenvalue weighted by Crippen LogP contribution is -2.35. The molecular formula is C21H21NO3. The summed E-state index contributed by atoms with van der Waals surface area (Å²) in [4.78, 5) is 27.9. The summed E-state index contributed by atoms with van der Waals surface area (Å²) in [5.41, 5.74) is 2.29. The van der Waals surface area contributed by atoms with Gasteiger partial charge in [-0.3, -0.25) is 9.59 Å². The van der Waals surface area contributed by atoms with Gasteiger partial charge in [0.25, 0.3) is 0 Å². The minimum absolute atomic E-state index is 0.132. The van der Waals surface area contributed by atoms with Gasteiger partial charge >= 0.3 is 0 Å². The highest BCUT2D eigenvalue weighted by atomic mass is 16.5. The first kappa shape index (κ1) is 17.0. The summed E-state index contributed by atoms with van der Waals surface area (Å²) in [6.07, 6.45) is 0.858. The number of carbonyl (C=O) groups is 2. The molecule has 25 heavy (non-hydrogen) atoms. The van der Waals surface area contributed by atoms with Crippen LogP contribution in [-0.4, -0.2) is 30.1 Å². The average Bonchev–Trinajstić information content (AvgIpc) is 2.65. The van der Waals surface area contributed by atoms with Gasteiger partial charge in [0.15, 0.2) is 5.76 Å². The summed E-state index contributed by atoms with van der Waals surface area (Å²) < 4.78 is 5.38. The number of allylic oxidation sites excluding steroid dienone is 2. The first-order chi connectivity index (χ1) is 12.2. The van der Waals surface area contributed by atoms with E-state index in [1.807, 2.05) is 42.2 Å². The zero-order valence-corrected chi connectivity index (χ0v) is 14.5. The normalized spacial score (nSPS) is 13.7. The Kier molecular flexibility index (Phi) is 4.98. The number of hydrogen-bond acceptors (Lipinski definition) is 4. The third-order valence-corrected chi connectivity index (χ3v) is 4.28. The van der Waals surface area contributed by atoms with E-state index < -0.39 is 0 Å². The van der Waals surface area contributed by atoms with Crippen LogP contribution in [0, 0.1) is 0 Å². The molecule has 0 atom stereocenters. The molecule has 0 aliphatic heterocycles. The van der Waals surface area contributed by atoms with E-state index in [0.717, 1.165) is 12.0 Å². The molecule has 0 amide bonds. The lowest BCUT2D eigenvalue weighted by Gasteiger charge is -2.30. The standard InChI is InChI=1S/C21H21NO3/c1-3-13-22(14-15-9-5-4-6-10-15)18-19(23)16-11-7-8-12-17(16)20(24)21(18)25-2/h4-12H,3,13-14H2,1-2H3. The molecule has 3 rings (SSSR count). The van der Waals surface area contributed by atoms with E-state index in [4.69, 9.17) is 4.74 Å². The van der Waals surface area contributed by atoms with Crippen molar-refractivity contribution in [1.82, 2.24) is 4.90 Å². The molecule has 1 aliphatic carbocycles. The molecule has 4 nitrogen and oxygen atoms in total. The van der Waals surface area contributed by atoms with Crippen LogP contribution in [0.5, 0.6) is 0 Å². The highest BCUT2D eigenvalue weighted by molar-refractivity contribution is 6.25. The van der Waals surface area contributed by atoms with Crippen LogP contribution in [0.3, 0.4) is 0 Å². The molecule has 1 aliphatic rings. The molecule has 0 saturated heterocycles. The Labute approximate surface area is 147 Å². The van der Waals surface area contributed by atoms with Crippen molar-refractivity contribution in [3.05, 3.63) is 82.7 Å². The fraction of sp³-hybridized carbons (Fsp3) is 0.238. The smallest absolute Gasteiger partial charge is 0.230 e. The van der Waals surface area contributed by atoms with Crippen LogP contribution in [0.1, 0.15) is 39.6 Å². The van der Waals surface area contributed by atoms with E-state index in [1.165, 1.54) is 7.11 Å². The number of benzene rings is 2. The van der Waals surface area contributed by atoms with Crippen LogP contribution in [0.15, 0.2) is 66.1 Å². The number of hydrogen-bond donors (Lipinski definition) is 0. The maximum Gasteiger partial charge on any atom is 0.230 e. The van der Waals surface area contributed by atoms with E-state index in [2.05, 4.69) is 0 Å². The van der Waals surface area contributed by atoms with Crippen molar-refractivity contribution in [2.75, 3.05) is 13.7 Å². The Balaban J connectivity index is 2.06. The largest absolute Gasteiger partial charge is 0.491 e. The van der Waals surface area contributed by atoms with E-state index >= 15 is 0 Å². The Morgan fingerprint density at radius 1 is 0.880 bits per heavy atom. The minimum atomic E-state index is -0.234. The second kappa shape index (κ2) is 7.34. The molecule has 0 aromatic heterocycles. The van der Waals surface area contributed by atoms with E-state index in [1.54, 1.807) is 24.3 Å². The van der Waals surface area contributed by atoms with Crippen molar-refractivity contribution in [3.63, 3.8) is 0 Å². The van der Waals surface area contributed by atoms with Gasteiger partial charge in [-0.2, -0.15) is 0 Å². The molecule has 2 aromatic carbocycles. The quantitative estimate of drug-likeness (QED) is 0.805. The molecule has 0 radical (unpaired) electrons.